The molecule has 2 aromatic heterocycles. The van der Waals surface area contributed by atoms with Crippen molar-refractivity contribution in [1.82, 2.24) is 0 Å². The highest BCUT2D eigenvalue weighted by molar-refractivity contribution is 6.17. The first kappa shape index (κ1) is 52.2. The van der Waals surface area contributed by atoms with Crippen molar-refractivity contribution < 1.29 is 8.83 Å². The van der Waals surface area contributed by atoms with Crippen molar-refractivity contribution in [3.63, 3.8) is 0 Å². The summed E-state index contributed by atoms with van der Waals surface area (Å²) < 4.78 is 14.0. The lowest BCUT2D eigenvalue weighted by Crippen LogP contribution is -2.17. The molecular weight excluding hydrogens is 1040 g/mol. The van der Waals surface area contributed by atoms with E-state index in [0.29, 0.717) is 0 Å². The van der Waals surface area contributed by atoms with E-state index in [9.17, 15) is 0 Å². The Morgan fingerprint density at radius 2 is 0.651 bits per heavy atom. The maximum absolute atomic E-state index is 7.01. The van der Waals surface area contributed by atoms with E-state index in [1.807, 2.05) is 0 Å². The van der Waals surface area contributed by atoms with Crippen molar-refractivity contribution in [2.45, 2.75) is 105 Å². The monoisotopic (exact) mass is 1110 g/mol. The third kappa shape index (κ3) is 7.87. The smallest absolute Gasteiger partial charge is 0.137 e. The highest BCUT2D eigenvalue weighted by Crippen LogP contribution is 2.55. The van der Waals surface area contributed by atoms with Crippen LogP contribution in [0.25, 0.3) is 98.4 Å². The van der Waals surface area contributed by atoms with Gasteiger partial charge >= 0.3 is 0 Å². The minimum atomic E-state index is -0.186. The third-order valence-electron chi connectivity index (χ3n) is 19.7. The van der Waals surface area contributed by atoms with Crippen molar-refractivity contribution in [3.05, 3.63) is 251 Å². The number of benzene rings is 12. The number of aryl methyl sites for hydroxylation is 2. The molecule has 0 amide bonds. The number of nitrogens with zero attached hydrogens (tertiary/aromatic N) is 2. The van der Waals surface area contributed by atoms with E-state index in [0.717, 1.165) is 99.9 Å². The van der Waals surface area contributed by atoms with Gasteiger partial charge in [-0.05, 0) is 233 Å². The van der Waals surface area contributed by atoms with Crippen molar-refractivity contribution in [2.24, 2.45) is 0 Å². The molecule has 0 radical (unpaired) electrons. The number of fused-ring (bicyclic) bond motifs is 15. The van der Waals surface area contributed by atoms with Gasteiger partial charge in [-0.25, -0.2) is 0 Å². The highest BCUT2D eigenvalue weighted by atomic mass is 16.3. The second kappa shape index (κ2) is 18.1. The number of hydrogen-bond donors (Lipinski definition) is 0. The summed E-state index contributed by atoms with van der Waals surface area (Å²) in [5, 5.41) is 11.8. The Kier molecular flexibility index (Phi) is 11.0. The summed E-state index contributed by atoms with van der Waals surface area (Å²) in [5.41, 5.74) is 25.3. The van der Waals surface area contributed by atoms with Gasteiger partial charge in [0.15, 0.2) is 0 Å². The van der Waals surface area contributed by atoms with E-state index >= 15 is 0 Å². The van der Waals surface area contributed by atoms with E-state index in [1.54, 1.807) is 0 Å². The molecule has 0 N–H and O–H groups in total. The van der Waals surface area contributed by atoms with Crippen molar-refractivity contribution in [1.29, 1.82) is 0 Å². The average Bonchev–Trinajstić information content (AvgIpc) is 1.72. The first-order chi connectivity index (χ1) is 41.1. The summed E-state index contributed by atoms with van der Waals surface area (Å²) in [7, 11) is 0. The molecule has 2 heterocycles. The number of hydrogen-bond acceptors (Lipinski definition) is 4. The van der Waals surface area contributed by atoms with Crippen LogP contribution in [0.1, 0.15) is 114 Å². The summed E-state index contributed by atoms with van der Waals surface area (Å²) >= 11 is 0. The minimum Gasteiger partial charge on any atom is -0.456 e. The number of furan rings is 2. The van der Waals surface area contributed by atoms with Crippen molar-refractivity contribution in [3.8, 4) is 22.3 Å². The zero-order chi connectivity index (χ0) is 59.1. The maximum atomic E-state index is 7.01. The standard InChI is InChI=1S/C82H70N2O2/c1-47-33-61(83(57-25-21-55(22-26-57)79(3,4)5)59-29-31-63-65-35-49-17-13-15-19-51(49)39-69(65)81(9,10)71(63)43-59)45-75-77(47)67-37-53-38-68-74(42-54(53)41-73(67)85-75)86-76-46-62(34-48(2)78(68)76)84(58-27-23-56(24-28-58)80(6,7)8)60-30-32-64-66-36-50-18-14-16-20-52(50)40-70(66)82(11,12)72(64)44-60/h13-46H,1-12H3. The van der Waals surface area contributed by atoms with E-state index in [2.05, 4.69) is 299 Å². The van der Waals surface area contributed by atoms with Gasteiger partial charge in [0, 0.05) is 67.3 Å². The predicted molar refractivity (Wildman–Crippen MR) is 365 cm³/mol. The fourth-order valence-electron chi connectivity index (χ4n) is 14.9. The van der Waals surface area contributed by atoms with Crippen molar-refractivity contribution >= 4 is 110 Å². The zero-order valence-corrected chi connectivity index (χ0v) is 51.3. The molecule has 0 bridgehead atoms. The van der Waals surface area contributed by atoms with Crippen LogP contribution < -0.4 is 9.80 Å². The highest BCUT2D eigenvalue weighted by Gasteiger charge is 2.38. The summed E-state index contributed by atoms with van der Waals surface area (Å²) in [6.07, 6.45) is 0. The molecule has 2 aliphatic rings. The topological polar surface area (TPSA) is 32.8 Å². The first-order valence-corrected chi connectivity index (χ1v) is 30.6. The van der Waals surface area contributed by atoms with Crippen LogP contribution in [-0.4, -0.2) is 0 Å². The van der Waals surface area contributed by atoms with Gasteiger partial charge in [-0.2, -0.15) is 0 Å². The summed E-state index contributed by atoms with van der Waals surface area (Å²) in [6.45, 7) is 27.7. The molecule has 0 unspecified atom stereocenters. The van der Waals surface area contributed by atoms with Gasteiger partial charge in [0.2, 0.25) is 0 Å². The molecule has 0 saturated carbocycles. The molecule has 16 rings (SSSR count). The molecule has 14 aromatic rings. The first-order valence-electron chi connectivity index (χ1n) is 30.6. The molecule has 12 aromatic carbocycles. The van der Waals surface area contributed by atoms with Gasteiger partial charge in [-0.1, -0.05) is 154 Å². The fraction of sp³-hybridized carbons (Fsp3) is 0.195. The van der Waals surface area contributed by atoms with Crippen LogP contribution in [0.2, 0.25) is 0 Å². The number of rotatable bonds is 6. The molecule has 0 saturated heterocycles. The normalized spacial score (nSPS) is 14.2. The molecule has 4 heteroatoms. The van der Waals surface area contributed by atoms with Gasteiger partial charge in [0.05, 0.1) is 11.4 Å². The second-order valence-corrected chi connectivity index (χ2v) is 28.0. The molecule has 0 atom stereocenters. The molecule has 0 aliphatic heterocycles. The molecule has 2 aliphatic carbocycles. The lowest BCUT2D eigenvalue weighted by Gasteiger charge is -2.29. The van der Waals surface area contributed by atoms with Gasteiger partial charge in [0.25, 0.3) is 0 Å². The second-order valence-electron chi connectivity index (χ2n) is 28.0. The van der Waals surface area contributed by atoms with Crippen LogP contribution >= 0.6 is 0 Å². The van der Waals surface area contributed by atoms with Gasteiger partial charge in [0.1, 0.15) is 22.3 Å². The lowest BCUT2D eigenvalue weighted by molar-refractivity contribution is 0.590. The maximum Gasteiger partial charge on any atom is 0.137 e. The van der Waals surface area contributed by atoms with Crippen LogP contribution in [0.4, 0.5) is 34.1 Å². The van der Waals surface area contributed by atoms with Gasteiger partial charge in [-0.15, -0.1) is 0 Å². The molecule has 0 fully saturated rings. The third-order valence-corrected chi connectivity index (χ3v) is 19.7. The molecule has 86 heavy (non-hydrogen) atoms. The quantitative estimate of drug-likeness (QED) is 0.166. The lowest BCUT2D eigenvalue weighted by atomic mass is 9.81. The van der Waals surface area contributed by atoms with Crippen LogP contribution in [0.3, 0.4) is 0 Å². The molecule has 0 spiro atoms. The molecule has 420 valence electrons. The SMILES string of the molecule is Cc1cc(N(c2ccc(C(C)(C)C)cc2)c2ccc3c(c2)C(C)(C)c2cc4ccccc4cc2-3)cc2oc3cc4cc5oc6cc(N(c7ccc(C(C)(C)C)cc7)c7ccc8c(c7)C(C)(C)c7cc9ccccc9cc7-8)cc(C)c6c5cc4cc3c12. The van der Waals surface area contributed by atoms with Crippen LogP contribution in [0, 0.1) is 13.8 Å². The molecular formula is C82H70N2O2. The van der Waals surface area contributed by atoms with E-state index in [1.165, 1.54) is 77.2 Å². The van der Waals surface area contributed by atoms with Crippen LogP contribution in [-0.2, 0) is 21.7 Å². The fourth-order valence-corrected chi connectivity index (χ4v) is 14.9. The zero-order valence-electron chi connectivity index (χ0n) is 51.3. The van der Waals surface area contributed by atoms with Crippen molar-refractivity contribution in [2.75, 3.05) is 9.80 Å². The summed E-state index contributed by atoms with van der Waals surface area (Å²) in [5.74, 6) is 0. The van der Waals surface area contributed by atoms with E-state index < -0.39 is 0 Å². The Hall–Kier alpha value is -9.38. The Morgan fingerprint density at radius 3 is 1.03 bits per heavy atom. The van der Waals surface area contributed by atoms with E-state index in [4.69, 9.17) is 8.83 Å². The average molecular weight is 1120 g/mol. The van der Waals surface area contributed by atoms with Gasteiger partial charge < -0.3 is 18.6 Å². The predicted octanol–water partition coefficient (Wildman–Crippen LogP) is 23.7. The van der Waals surface area contributed by atoms with Crippen LogP contribution in [0.15, 0.2) is 215 Å². The van der Waals surface area contributed by atoms with Gasteiger partial charge in [-0.3, -0.25) is 0 Å². The largest absolute Gasteiger partial charge is 0.456 e. The Bertz CT molecular complexity index is 4880. The van der Waals surface area contributed by atoms with E-state index in [-0.39, 0.29) is 21.7 Å². The number of anilines is 6. The summed E-state index contributed by atoms with van der Waals surface area (Å²) in [4.78, 5) is 4.83. The Labute approximate surface area is 503 Å². The Balaban J connectivity index is 0.798. The Morgan fingerprint density at radius 1 is 0.302 bits per heavy atom. The molecule has 4 nitrogen and oxygen atoms in total. The summed E-state index contributed by atoms with van der Waals surface area (Å²) in [6, 6.07) is 77.8. The minimum absolute atomic E-state index is 0.0240. The van der Waals surface area contributed by atoms with Crippen LogP contribution in [0.5, 0.6) is 0 Å².